The molecule has 2 aliphatic heterocycles. The van der Waals surface area contributed by atoms with E-state index in [1.165, 1.54) is 11.0 Å². The van der Waals surface area contributed by atoms with Crippen LogP contribution in [0.4, 0.5) is 20.6 Å². The molecule has 2 fully saturated rings. The highest BCUT2D eigenvalue weighted by atomic mass is 19.1. The molecule has 2 aliphatic rings. The van der Waals surface area contributed by atoms with Crippen LogP contribution >= 0.6 is 0 Å². The van der Waals surface area contributed by atoms with Gasteiger partial charge >= 0.3 is 6.09 Å². The maximum absolute atomic E-state index is 14.8. The first-order chi connectivity index (χ1) is 14.4. The number of halogens is 1. The monoisotopic (exact) mass is 411 g/mol. The third-order valence-corrected chi connectivity index (χ3v) is 5.27. The Balaban J connectivity index is 1.65. The summed E-state index contributed by atoms with van der Waals surface area (Å²) >= 11 is 0. The van der Waals surface area contributed by atoms with E-state index in [2.05, 4.69) is 11.4 Å². The molecule has 8 nitrogen and oxygen atoms in total. The Bertz CT molecular complexity index is 949. The number of allylic oxidation sites excluding steroid dienone is 1. The van der Waals surface area contributed by atoms with Gasteiger partial charge in [0.2, 0.25) is 5.91 Å². The van der Waals surface area contributed by atoms with Gasteiger partial charge in [0, 0.05) is 19.2 Å². The molecule has 3 rings (SSSR count). The average Bonchev–Trinajstić information content (AvgIpc) is 3.09. The second-order valence-corrected chi connectivity index (χ2v) is 7.34. The van der Waals surface area contributed by atoms with Gasteiger partial charge in [0.1, 0.15) is 18.3 Å². The number of amides is 2. The molecule has 0 spiro atoms. The van der Waals surface area contributed by atoms with Gasteiger partial charge in [-0.25, -0.2) is 9.18 Å². The average molecular weight is 411 g/mol. The quantitative estimate of drug-likeness (QED) is 0.746. The lowest BCUT2D eigenvalue weighted by Crippen LogP contribution is -2.36. The van der Waals surface area contributed by atoms with E-state index in [9.17, 15) is 14.0 Å². The number of hydrogen-bond acceptors (Lipinski definition) is 6. The number of carbonyl (C=O) groups is 2. The number of piperidine rings is 1. The summed E-state index contributed by atoms with van der Waals surface area (Å²) in [6.07, 6.45) is 0.823. The van der Waals surface area contributed by atoms with Crippen LogP contribution in [0.15, 0.2) is 29.8 Å². The van der Waals surface area contributed by atoms with Crippen molar-refractivity contribution in [3.8, 4) is 12.1 Å². The zero-order valence-electron chi connectivity index (χ0n) is 16.6. The summed E-state index contributed by atoms with van der Waals surface area (Å²) in [6.45, 7) is 3.50. The zero-order chi connectivity index (χ0) is 21.7. The van der Waals surface area contributed by atoms with Gasteiger partial charge in [-0.3, -0.25) is 9.69 Å². The van der Waals surface area contributed by atoms with Gasteiger partial charge in [-0.05, 0) is 30.5 Å². The maximum Gasteiger partial charge on any atom is 0.414 e. The Labute approximate surface area is 174 Å². The number of carbonyl (C=O) groups excluding carboxylic acids is 2. The van der Waals surface area contributed by atoms with E-state index in [4.69, 9.17) is 15.3 Å². The third kappa shape index (κ3) is 4.69. The smallest absolute Gasteiger partial charge is 0.414 e. The summed E-state index contributed by atoms with van der Waals surface area (Å²) in [4.78, 5) is 26.8. The molecule has 0 aliphatic carbocycles. The Kier molecular flexibility index (Phi) is 6.53. The highest BCUT2D eigenvalue weighted by Crippen LogP contribution is 2.31. The second-order valence-electron chi connectivity index (χ2n) is 7.34. The molecule has 2 saturated heterocycles. The van der Waals surface area contributed by atoms with Crippen molar-refractivity contribution in [3.63, 3.8) is 0 Å². The molecule has 2 unspecified atom stereocenters. The molecule has 2 heterocycles. The highest BCUT2D eigenvalue weighted by molar-refractivity contribution is 5.90. The normalized spacial score (nSPS) is 22.4. The Hall–Kier alpha value is -3.59. The largest absolute Gasteiger partial charge is 0.442 e. The number of ether oxygens (including phenoxy) is 1. The number of nitriles is 2. The van der Waals surface area contributed by atoms with Gasteiger partial charge in [0.25, 0.3) is 0 Å². The van der Waals surface area contributed by atoms with Crippen LogP contribution in [0, 0.1) is 34.4 Å². The van der Waals surface area contributed by atoms with Crippen LogP contribution in [-0.4, -0.2) is 44.3 Å². The number of nitrogens with zero attached hydrogens (tertiary/aromatic N) is 4. The lowest BCUT2D eigenvalue weighted by Gasteiger charge is -2.34. The summed E-state index contributed by atoms with van der Waals surface area (Å²) in [5.74, 6) is -0.722. The van der Waals surface area contributed by atoms with Crippen molar-refractivity contribution >= 4 is 23.4 Å². The van der Waals surface area contributed by atoms with Crippen LogP contribution < -0.4 is 15.1 Å². The van der Waals surface area contributed by atoms with Crippen molar-refractivity contribution in [2.75, 3.05) is 36.0 Å². The predicted octanol–water partition coefficient (Wildman–Crippen LogP) is 2.48. The van der Waals surface area contributed by atoms with E-state index in [1.54, 1.807) is 24.3 Å². The minimum absolute atomic E-state index is 0.0908. The fourth-order valence-electron chi connectivity index (χ4n) is 3.69. The van der Waals surface area contributed by atoms with Gasteiger partial charge < -0.3 is 15.0 Å². The lowest BCUT2D eigenvalue weighted by molar-refractivity contribution is -0.120. The molecular formula is C21H22FN5O3. The van der Waals surface area contributed by atoms with E-state index in [0.717, 1.165) is 5.57 Å². The molecule has 9 heteroatoms. The molecule has 156 valence electrons. The number of cyclic esters (lactones) is 1. The number of benzene rings is 1. The fourth-order valence-corrected chi connectivity index (χ4v) is 3.69. The van der Waals surface area contributed by atoms with Crippen LogP contribution in [0.3, 0.4) is 0 Å². The minimum Gasteiger partial charge on any atom is -0.442 e. The number of anilines is 2. The molecule has 0 aromatic heterocycles. The van der Waals surface area contributed by atoms with Crippen LogP contribution in [0.2, 0.25) is 0 Å². The van der Waals surface area contributed by atoms with E-state index < -0.39 is 23.9 Å². The molecule has 0 saturated carbocycles. The minimum atomic E-state index is -0.612. The topological polar surface area (TPSA) is 109 Å². The molecule has 1 aromatic rings. The van der Waals surface area contributed by atoms with E-state index in [1.807, 2.05) is 11.8 Å². The first kappa shape index (κ1) is 21.1. The molecule has 2 amide bonds. The van der Waals surface area contributed by atoms with Crippen LogP contribution in [0.1, 0.15) is 19.8 Å². The summed E-state index contributed by atoms with van der Waals surface area (Å²) in [7, 11) is 0. The predicted molar refractivity (Wildman–Crippen MR) is 107 cm³/mol. The zero-order valence-corrected chi connectivity index (χ0v) is 16.6. The molecule has 1 aromatic carbocycles. The summed E-state index contributed by atoms with van der Waals surface area (Å²) in [6, 6.07) is 8.42. The van der Waals surface area contributed by atoms with Gasteiger partial charge in [-0.2, -0.15) is 10.5 Å². The highest BCUT2D eigenvalue weighted by Gasteiger charge is 2.33. The van der Waals surface area contributed by atoms with E-state index >= 15 is 0 Å². The van der Waals surface area contributed by atoms with Crippen LogP contribution in [-0.2, 0) is 9.53 Å². The summed E-state index contributed by atoms with van der Waals surface area (Å²) < 4.78 is 20.1. The second kappa shape index (κ2) is 9.27. The lowest BCUT2D eigenvalue weighted by atomic mass is 9.92. The van der Waals surface area contributed by atoms with Crippen molar-refractivity contribution in [3.05, 3.63) is 35.7 Å². The van der Waals surface area contributed by atoms with Crippen molar-refractivity contribution in [2.24, 2.45) is 5.92 Å². The van der Waals surface area contributed by atoms with E-state index in [-0.39, 0.29) is 25.4 Å². The van der Waals surface area contributed by atoms with E-state index in [0.29, 0.717) is 30.9 Å². The third-order valence-electron chi connectivity index (χ3n) is 5.27. The molecule has 2 atom stereocenters. The van der Waals surface area contributed by atoms with Crippen molar-refractivity contribution in [2.45, 2.75) is 25.9 Å². The molecule has 0 bridgehead atoms. The van der Waals surface area contributed by atoms with Gasteiger partial charge in [0.05, 0.1) is 36.6 Å². The SMILES string of the molecule is CC1CN(c2ccc(N3CC(CNC(=O)CC#N)OC3=O)cc2F)CC/C1=C/C#N. The molecular weight excluding hydrogens is 389 g/mol. The van der Waals surface area contributed by atoms with Gasteiger partial charge in [0.15, 0.2) is 0 Å². The molecule has 1 N–H and O–H groups in total. The fraction of sp³-hybridized carbons (Fsp3) is 0.429. The number of hydrogen-bond donors (Lipinski definition) is 1. The molecule has 0 radical (unpaired) electrons. The Morgan fingerprint density at radius 1 is 1.40 bits per heavy atom. The Morgan fingerprint density at radius 2 is 2.20 bits per heavy atom. The standard InChI is InChI=1S/C21H22FN5O3/c1-14-12-26(9-6-15(14)4-7-23)19-3-2-16(10-18(19)22)27-13-17(30-21(27)29)11-25-20(28)5-8-24/h2-4,10,14,17H,5-6,9,11-13H2,1H3,(H,25,28)/b15-4-. The summed E-state index contributed by atoms with van der Waals surface area (Å²) in [5, 5.41) is 19.9. The number of rotatable bonds is 5. The first-order valence-electron chi connectivity index (χ1n) is 9.67. The summed E-state index contributed by atoms with van der Waals surface area (Å²) in [5.41, 5.74) is 1.90. The Morgan fingerprint density at radius 3 is 2.87 bits per heavy atom. The van der Waals surface area contributed by atoms with Crippen molar-refractivity contribution in [1.82, 2.24) is 5.32 Å². The van der Waals surface area contributed by atoms with Crippen molar-refractivity contribution < 1.29 is 18.7 Å². The number of nitrogens with one attached hydrogen (secondary N) is 1. The molecule has 30 heavy (non-hydrogen) atoms. The first-order valence-corrected chi connectivity index (χ1v) is 9.67. The van der Waals surface area contributed by atoms with Crippen LogP contribution in [0.5, 0.6) is 0 Å². The van der Waals surface area contributed by atoms with Crippen LogP contribution in [0.25, 0.3) is 0 Å². The maximum atomic E-state index is 14.8. The van der Waals surface area contributed by atoms with Gasteiger partial charge in [-0.1, -0.05) is 12.5 Å². The van der Waals surface area contributed by atoms with Gasteiger partial charge in [-0.15, -0.1) is 0 Å². The van der Waals surface area contributed by atoms with Crippen molar-refractivity contribution in [1.29, 1.82) is 10.5 Å².